The minimum atomic E-state index is -4.82. The zero-order chi connectivity index (χ0) is 18.2. The predicted molar refractivity (Wildman–Crippen MR) is 89.6 cm³/mol. The van der Waals surface area contributed by atoms with Gasteiger partial charge in [0.15, 0.2) is 11.6 Å². The van der Waals surface area contributed by atoms with Crippen LogP contribution in [0.2, 0.25) is 0 Å². The van der Waals surface area contributed by atoms with Crippen molar-refractivity contribution in [2.24, 2.45) is 5.92 Å². The predicted octanol–water partition coefficient (Wildman–Crippen LogP) is -0.318. The molecular weight excluding hydrogens is 363 g/mol. The van der Waals surface area contributed by atoms with Crippen molar-refractivity contribution in [3.63, 3.8) is 0 Å². The number of benzene rings is 1. The normalized spacial score (nSPS) is 21.8. The van der Waals surface area contributed by atoms with Crippen LogP contribution < -0.4 is 0 Å². The summed E-state index contributed by atoms with van der Waals surface area (Å²) in [6, 6.07) is 7.73. The second-order valence-electron chi connectivity index (χ2n) is 5.43. The summed E-state index contributed by atoms with van der Waals surface area (Å²) in [6.45, 7) is 0. The summed E-state index contributed by atoms with van der Waals surface area (Å²) in [5.74, 6) is -7.12. The van der Waals surface area contributed by atoms with Gasteiger partial charge in [-0.25, -0.2) is 0 Å². The number of ether oxygens (including phenoxy) is 2. The Bertz CT molecular complexity index is 753. The van der Waals surface area contributed by atoms with E-state index in [0.717, 1.165) is 20.3 Å². The molecule has 8 nitrogen and oxygen atoms in total. The monoisotopic (exact) mass is 382 g/mol. The Labute approximate surface area is 167 Å². The Hall–Kier alpha value is -0.620. The molecule has 0 heterocycles. The molecule has 1 aromatic carbocycles. The fraction of sp³-hybridized carbons (Fsp3) is 0.400. The SMILES string of the molecule is COC1(OC)CC(O)(O)C(C(=O)c2ccccc2)C=C1S(=O)(=O)O.[NaH]. The van der Waals surface area contributed by atoms with Crippen LogP contribution in [0.4, 0.5) is 0 Å². The van der Waals surface area contributed by atoms with Crippen molar-refractivity contribution >= 4 is 45.5 Å². The van der Waals surface area contributed by atoms with Gasteiger partial charge >= 0.3 is 29.6 Å². The van der Waals surface area contributed by atoms with Crippen LogP contribution in [-0.4, -0.2) is 84.3 Å². The molecule has 0 spiro atoms. The van der Waals surface area contributed by atoms with E-state index in [1.54, 1.807) is 18.2 Å². The van der Waals surface area contributed by atoms with E-state index in [9.17, 15) is 28.0 Å². The molecule has 0 fully saturated rings. The van der Waals surface area contributed by atoms with Gasteiger partial charge in [0, 0.05) is 19.8 Å². The fourth-order valence-corrected chi connectivity index (χ4v) is 3.67. The third-order valence-corrected chi connectivity index (χ3v) is 4.97. The molecule has 10 heteroatoms. The van der Waals surface area contributed by atoms with E-state index in [-0.39, 0.29) is 35.1 Å². The molecule has 0 saturated carbocycles. The van der Waals surface area contributed by atoms with Crippen LogP contribution in [0.3, 0.4) is 0 Å². The van der Waals surface area contributed by atoms with Crippen molar-refractivity contribution in [3.8, 4) is 0 Å². The molecule has 134 valence electrons. The number of methoxy groups -OCH3 is 2. The van der Waals surface area contributed by atoms with E-state index in [0.29, 0.717) is 0 Å². The van der Waals surface area contributed by atoms with Gasteiger partial charge in [-0.15, -0.1) is 0 Å². The summed E-state index contributed by atoms with van der Waals surface area (Å²) in [6.07, 6.45) is -0.0387. The van der Waals surface area contributed by atoms with E-state index in [4.69, 9.17) is 9.47 Å². The third-order valence-electron chi connectivity index (χ3n) is 3.96. The summed E-state index contributed by atoms with van der Waals surface area (Å²) in [5.41, 5.74) is 0.156. The van der Waals surface area contributed by atoms with Crippen LogP contribution in [0, 0.1) is 5.92 Å². The summed E-state index contributed by atoms with van der Waals surface area (Å²) >= 11 is 0. The average molecular weight is 382 g/mol. The van der Waals surface area contributed by atoms with Gasteiger partial charge in [-0.1, -0.05) is 30.3 Å². The topological polar surface area (TPSA) is 130 Å². The first-order valence-electron chi connectivity index (χ1n) is 6.91. The van der Waals surface area contributed by atoms with Crippen molar-refractivity contribution in [1.82, 2.24) is 0 Å². The first kappa shape index (κ1) is 22.4. The van der Waals surface area contributed by atoms with Crippen molar-refractivity contribution in [2.45, 2.75) is 18.0 Å². The number of hydrogen-bond donors (Lipinski definition) is 3. The molecule has 1 unspecified atom stereocenters. The van der Waals surface area contributed by atoms with Gasteiger partial charge in [0.05, 0.1) is 12.3 Å². The Kier molecular flexibility index (Phi) is 7.13. The van der Waals surface area contributed by atoms with E-state index >= 15 is 0 Å². The van der Waals surface area contributed by atoms with Gasteiger partial charge in [-0.3, -0.25) is 9.35 Å². The quantitative estimate of drug-likeness (QED) is 0.273. The zero-order valence-corrected chi connectivity index (χ0v) is 13.9. The van der Waals surface area contributed by atoms with Crippen LogP contribution >= 0.6 is 0 Å². The van der Waals surface area contributed by atoms with Gasteiger partial charge in [0.25, 0.3) is 10.1 Å². The zero-order valence-electron chi connectivity index (χ0n) is 13.0. The van der Waals surface area contributed by atoms with E-state index in [1.807, 2.05) is 0 Å². The number of carbonyl (C=O) groups is 1. The first-order chi connectivity index (χ1) is 11.1. The standard InChI is InChI=1S/C15H18O8S.Na.H/c1-22-15(23-2)9-14(17,18)11(8-12(15)24(19,20)21)13(16)10-6-4-3-5-7-10;;/h3-8,11,17-18H,9H2,1-2H3,(H,19,20,21);;. The molecule has 0 aliphatic heterocycles. The second-order valence-corrected chi connectivity index (χ2v) is 6.82. The molecule has 0 aromatic heterocycles. The minimum absolute atomic E-state index is 0. The van der Waals surface area contributed by atoms with Crippen molar-refractivity contribution in [1.29, 1.82) is 0 Å². The van der Waals surface area contributed by atoms with Gasteiger partial charge in [-0.05, 0) is 6.08 Å². The summed E-state index contributed by atoms with van der Waals surface area (Å²) < 4.78 is 42.8. The molecular formula is C15H19NaO8S. The van der Waals surface area contributed by atoms with Gasteiger partial charge in [0.2, 0.25) is 5.79 Å². The van der Waals surface area contributed by atoms with Crippen molar-refractivity contribution in [2.75, 3.05) is 14.2 Å². The summed E-state index contributed by atoms with van der Waals surface area (Å²) in [4.78, 5) is 11.8. The molecule has 1 aliphatic rings. The van der Waals surface area contributed by atoms with Gasteiger partial charge in [0.1, 0.15) is 4.91 Å². The molecule has 3 N–H and O–H groups in total. The van der Waals surface area contributed by atoms with E-state index in [2.05, 4.69) is 0 Å². The van der Waals surface area contributed by atoms with Crippen molar-refractivity contribution < 1.29 is 37.5 Å². The van der Waals surface area contributed by atoms with Crippen LogP contribution in [-0.2, 0) is 19.6 Å². The third kappa shape index (κ3) is 4.38. The molecule has 0 radical (unpaired) electrons. The summed E-state index contributed by atoms with van der Waals surface area (Å²) in [7, 11) is -2.66. The molecule has 0 amide bonds. The van der Waals surface area contributed by atoms with Crippen LogP contribution in [0.5, 0.6) is 0 Å². The van der Waals surface area contributed by atoms with E-state index < -0.39 is 44.7 Å². The first-order valence-corrected chi connectivity index (χ1v) is 8.35. The number of rotatable bonds is 5. The maximum atomic E-state index is 12.6. The van der Waals surface area contributed by atoms with Crippen LogP contribution in [0.1, 0.15) is 16.8 Å². The second kappa shape index (κ2) is 7.95. The molecule has 1 atom stereocenters. The molecule has 2 rings (SSSR count). The molecule has 0 bridgehead atoms. The van der Waals surface area contributed by atoms with Gasteiger partial charge in [-0.2, -0.15) is 8.42 Å². The van der Waals surface area contributed by atoms with Crippen LogP contribution in [0.15, 0.2) is 41.3 Å². The molecule has 25 heavy (non-hydrogen) atoms. The maximum absolute atomic E-state index is 12.6. The molecule has 0 saturated heterocycles. The summed E-state index contributed by atoms with van der Waals surface area (Å²) in [5, 5.41) is 20.6. The molecule has 1 aromatic rings. The fourth-order valence-electron chi connectivity index (χ4n) is 2.73. The Morgan fingerprint density at radius 3 is 2.12 bits per heavy atom. The number of Topliss-reactive ketones (excluding diaryl/α,β-unsaturated/α-hetero) is 1. The molecule has 1 aliphatic carbocycles. The average Bonchev–Trinajstić information content (AvgIpc) is 2.52. The number of aliphatic hydroxyl groups is 2. The Morgan fingerprint density at radius 2 is 1.68 bits per heavy atom. The Balaban J connectivity index is 0.00000312. The number of hydrogen-bond acceptors (Lipinski definition) is 7. The number of carbonyl (C=O) groups excluding carboxylic acids is 1. The number of ketones is 1. The Morgan fingerprint density at radius 1 is 1.16 bits per heavy atom. The van der Waals surface area contributed by atoms with E-state index in [1.165, 1.54) is 12.1 Å². The van der Waals surface area contributed by atoms with Crippen molar-refractivity contribution in [3.05, 3.63) is 46.9 Å². The van der Waals surface area contributed by atoms with Crippen LogP contribution in [0.25, 0.3) is 0 Å². The van der Waals surface area contributed by atoms with Gasteiger partial charge < -0.3 is 19.7 Å².